The van der Waals surface area contributed by atoms with Crippen molar-refractivity contribution < 1.29 is 22.8 Å². The lowest BCUT2D eigenvalue weighted by atomic mass is 9.95. The lowest BCUT2D eigenvalue weighted by Gasteiger charge is -2.35. The van der Waals surface area contributed by atoms with E-state index in [9.17, 15) is 22.8 Å². The van der Waals surface area contributed by atoms with Crippen LogP contribution in [0, 0.1) is 5.92 Å². The molecule has 2 aliphatic heterocycles. The van der Waals surface area contributed by atoms with Crippen molar-refractivity contribution in [3.63, 3.8) is 0 Å². The third kappa shape index (κ3) is 6.77. The molecule has 1 atom stereocenters. The van der Waals surface area contributed by atoms with Gasteiger partial charge in [0.15, 0.2) is 0 Å². The van der Waals surface area contributed by atoms with Crippen LogP contribution in [0.2, 0.25) is 0 Å². The molecule has 1 fully saturated rings. The van der Waals surface area contributed by atoms with Crippen molar-refractivity contribution in [1.29, 1.82) is 0 Å². The molecule has 2 aliphatic rings. The number of hydrazone groups is 1. The Hall–Kier alpha value is -2.01. The molecule has 164 valence electrons. The number of carbonyl (C=O) groups excluding carboxylic acids is 3. The summed E-state index contributed by atoms with van der Waals surface area (Å²) in [6.45, 7) is 4.95. The highest BCUT2D eigenvalue weighted by Crippen LogP contribution is 2.19. The third-order valence-electron chi connectivity index (χ3n) is 5.16. The van der Waals surface area contributed by atoms with E-state index < -0.39 is 16.1 Å². The minimum Gasteiger partial charge on any atom is -0.341 e. The van der Waals surface area contributed by atoms with Crippen molar-refractivity contribution >= 4 is 33.5 Å². The Bertz CT molecular complexity index is 759. The van der Waals surface area contributed by atoms with Crippen LogP contribution in [0.5, 0.6) is 0 Å². The number of rotatable bonds is 8. The van der Waals surface area contributed by atoms with Gasteiger partial charge >= 0.3 is 0 Å². The number of nitrogens with one attached hydrogen (secondary N) is 2. The number of piperidine rings is 1. The second kappa shape index (κ2) is 10.1. The molecule has 2 rings (SSSR count). The maximum Gasteiger partial charge on any atom is 0.269 e. The largest absolute Gasteiger partial charge is 0.341 e. The van der Waals surface area contributed by atoms with Gasteiger partial charge in [-0.3, -0.25) is 14.4 Å². The molecular formula is C18H31N5O5S. The lowest BCUT2D eigenvalue weighted by molar-refractivity contribution is -0.134. The van der Waals surface area contributed by atoms with Crippen LogP contribution in [0.15, 0.2) is 5.10 Å². The Labute approximate surface area is 172 Å². The van der Waals surface area contributed by atoms with E-state index in [0.29, 0.717) is 38.2 Å². The number of likely N-dealkylation sites (tertiary alicyclic amines) is 1. The predicted molar refractivity (Wildman–Crippen MR) is 108 cm³/mol. The van der Waals surface area contributed by atoms with E-state index >= 15 is 0 Å². The van der Waals surface area contributed by atoms with Gasteiger partial charge in [0.25, 0.3) is 5.91 Å². The highest BCUT2D eigenvalue weighted by Gasteiger charge is 2.30. The molecule has 11 heteroatoms. The summed E-state index contributed by atoms with van der Waals surface area (Å²) in [5, 5.41) is 3.84. The van der Waals surface area contributed by atoms with Crippen LogP contribution in [0.1, 0.15) is 46.0 Å². The quantitative estimate of drug-likeness (QED) is 0.546. The minimum absolute atomic E-state index is 0.00201. The molecule has 0 saturated carbocycles. The number of sulfonamides is 1. The van der Waals surface area contributed by atoms with Gasteiger partial charge in [-0.05, 0) is 32.1 Å². The van der Waals surface area contributed by atoms with Gasteiger partial charge in [-0.1, -0.05) is 6.92 Å². The highest BCUT2D eigenvalue weighted by atomic mass is 32.2. The molecule has 0 aromatic heterocycles. The molecular weight excluding hydrogens is 398 g/mol. The van der Waals surface area contributed by atoms with Crippen LogP contribution < -0.4 is 10.1 Å². The standard InChI is InChI=1S/C18H31N5O5S/c1-4-11-29(27,28)21-13(2)17(25)23-9-7-14(8-10-23)12-22(3)18(26)15-5-6-16(24)20-19-15/h13-14,21H,4-12H2,1-3H3,(H,20,24). The van der Waals surface area contributed by atoms with Gasteiger partial charge in [-0.2, -0.15) is 5.10 Å². The van der Waals surface area contributed by atoms with Gasteiger partial charge in [0.05, 0.1) is 11.8 Å². The fourth-order valence-corrected chi connectivity index (χ4v) is 4.87. The molecule has 0 aromatic carbocycles. The average Bonchev–Trinajstić information content (AvgIpc) is 2.67. The summed E-state index contributed by atoms with van der Waals surface area (Å²) in [4.78, 5) is 39.4. The topological polar surface area (TPSA) is 128 Å². The fraction of sp³-hybridized carbons (Fsp3) is 0.778. The Morgan fingerprint density at radius 3 is 2.52 bits per heavy atom. The molecule has 3 amide bonds. The maximum absolute atomic E-state index is 12.5. The van der Waals surface area contributed by atoms with Crippen LogP contribution >= 0.6 is 0 Å². The van der Waals surface area contributed by atoms with E-state index in [0.717, 1.165) is 12.8 Å². The van der Waals surface area contributed by atoms with Crippen LogP contribution in [-0.2, 0) is 24.4 Å². The number of nitrogens with zero attached hydrogens (tertiary/aromatic N) is 3. The van der Waals surface area contributed by atoms with Crippen molar-refractivity contribution in [3.05, 3.63) is 0 Å². The Morgan fingerprint density at radius 2 is 1.97 bits per heavy atom. The monoisotopic (exact) mass is 429 g/mol. The summed E-state index contributed by atoms with van der Waals surface area (Å²) in [5.74, 6) is -0.351. The summed E-state index contributed by atoms with van der Waals surface area (Å²) in [6.07, 6.45) is 2.57. The van der Waals surface area contributed by atoms with Crippen LogP contribution in [0.25, 0.3) is 0 Å². The molecule has 2 N–H and O–H groups in total. The number of amides is 3. The van der Waals surface area contributed by atoms with E-state index in [2.05, 4.69) is 15.2 Å². The molecule has 1 unspecified atom stereocenters. The Kier molecular flexibility index (Phi) is 8.14. The Morgan fingerprint density at radius 1 is 1.31 bits per heavy atom. The number of carbonyl (C=O) groups is 3. The summed E-state index contributed by atoms with van der Waals surface area (Å²) in [5.41, 5.74) is 2.69. The van der Waals surface area contributed by atoms with Gasteiger partial charge < -0.3 is 9.80 Å². The van der Waals surface area contributed by atoms with Crippen molar-refractivity contribution in [2.45, 2.75) is 52.0 Å². The zero-order valence-electron chi connectivity index (χ0n) is 17.3. The average molecular weight is 430 g/mol. The van der Waals surface area contributed by atoms with Gasteiger partial charge in [0, 0.05) is 39.5 Å². The minimum atomic E-state index is -3.44. The summed E-state index contributed by atoms with van der Waals surface area (Å²) < 4.78 is 26.2. The van der Waals surface area contributed by atoms with E-state index in [-0.39, 0.29) is 35.8 Å². The third-order valence-corrected chi connectivity index (χ3v) is 6.81. The number of hydrogen-bond donors (Lipinski definition) is 2. The van der Waals surface area contributed by atoms with Crippen LogP contribution in [0.4, 0.5) is 0 Å². The first kappa shape index (κ1) is 23.3. The van der Waals surface area contributed by atoms with Gasteiger partial charge in [-0.15, -0.1) is 0 Å². The highest BCUT2D eigenvalue weighted by molar-refractivity contribution is 7.89. The zero-order chi connectivity index (χ0) is 21.6. The first-order chi connectivity index (χ1) is 13.6. The molecule has 0 bridgehead atoms. The smallest absolute Gasteiger partial charge is 0.269 e. The second-order valence-corrected chi connectivity index (χ2v) is 9.58. The first-order valence-electron chi connectivity index (χ1n) is 10.0. The summed E-state index contributed by atoms with van der Waals surface area (Å²) in [6, 6.07) is -0.785. The first-order valence-corrected chi connectivity index (χ1v) is 11.7. The molecule has 10 nitrogen and oxygen atoms in total. The van der Waals surface area contributed by atoms with Crippen molar-refractivity contribution in [3.8, 4) is 0 Å². The van der Waals surface area contributed by atoms with Crippen LogP contribution in [-0.4, -0.2) is 80.1 Å². The maximum atomic E-state index is 12.5. The second-order valence-electron chi connectivity index (χ2n) is 7.71. The normalized spacial score (nSPS) is 19.3. The summed E-state index contributed by atoms with van der Waals surface area (Å²) in [7, 11) is -1.73. The van der Waals surface area contributed by atoms with E-state index in [1.165, 1.54) is 0 Å². The van der Waals surface area contributed by atoms with E-state index in [1.807, 2.05) is 0 Å². The molecule has 29 heavy (non-hydrogen) atoms. The van der Waals surface area contributed by atoms with Gasteiger partial charge in [0.2, 0.25) is 21.8 Å². The predicted octanol–water partition coefficient (Wildman–Crippen LogP) is -0.333. The molecule has 0 aromatic rings. The van der Waals surface area contributed by atoms with E-state index in [4.69, 9.17) is 0 Å². The fourth-order valence-electron chi connectivity index (χ4n) is 3.58. The zero-order valence-corrected chi connectivity index (χ0v) is 18.1. The molecule has 0 radical (unpaired) electrons. The van der Waals surface area contributed by atoms with Gasteiger partial charge in [0.1, 0.15) is 5.71 Å². The van der Waals surface area contributed by atoms with Gasteiger partial charge in [-0.25, -0.2) is 18.6 Å². The SMILES string of the molecule is CCCS(=O)(=O)NC(C)C(=O)N1CCC(CN(C)C(=O)C2=NNC(=O)CC2)CC1. The Balaban J connectivity index is 1.80. The van der Waals surface area contributed by atoms with Crippen LogP contribution in [0.3, 0.4) is 0 Å². The molecule has 0 spiro atoms. The van der Waals surface area contributed by atoms with E-state index in [1.54, 1.807) is 30.7 Å². The van der Waals surface area contributed by atoms with Crippen molar-refractivity contribution in [1.82, 2.24) is 19.9 Å². The van der Waals surface area contributed by atoms with Crippen molar-refractivity contribution in [2.24, 2.45) is 11.0 Å². The molecule has 1 saturated heterocycles. The van der Waals surface area contributed by atoms with Crippen molar-refractivity contribution in [2.75, 3.05) is 32.4 Å². The number of hydrogen-bond acceptors (Lipinski definition) is 6. The molecule has 2 heterocycles. The summed E-state index contributed by atoms with van der Waals surface area (Å²) >= 11 is 0. The molecule has 0 aliphatic carbocycles. The lowest BCUT2D eigenvalue weighted by Crippen LogP contribution is -2.50.